The van der Waals surface area contributed by atoms with E-state index in [1.54, 1.807) is 12.4 Å². The summed E-state index contributed by atoms with van der Waals surface area (Å²) in [5.41, 5.74) is 2.24. The molecule has 32 heavy (non-hydrogen) atoms. The number of hydrogen-bond acceptors (Lipinski definition) is 5. The molecule has 5 rings (SSSR count). The highest BCUT2D eigenvalue weighted by Gasteiger charge is 2.44. The van der Waals surface area contributed by atoms with Gasteiger partial charge in [0.15, 0.2) is 5.65 Å². The van der Waals surface area contributed by atoms with E-state index >= 15 is 0 Å². The number of rotatable bonds is 4. The fourth-order valence-electron chi connectivity index (χ4n) is 4.88. The molecule has 3 aromatic rings. The highest BCUT2D eigenvalue weighted by molar-refractivity contribution is 6.30. The summed E-state index contributed by atoms with van der Waals surface area (Å²) in [6, 6.07) is 7.71. The summed E-state index contributed by atoms with van der Waals surface area (Å²) < 4.78 is 13.5. The first-order chi connectivity index (χ1) is 15.6. The number of carbonyl (C=O) groups is 1. The van der Waals surface area contributed by atoms with Crippen molar-refractivity contribution in [3.8, 4) is 0 Å². The van der Waals surface area contributed by atoms with Gasteiger partial charge in [0.2, 0.25) is 5.91 Å². The number of halogens is 1. The summed E-state index contributed by atoms with van der Waals surface area (Å²) in [5, 5.41) is 0.675. The van der Waals surface area contributed by atoms with E-state index in [0.717, 1.165) is 23.3 Å². The minimum Gasteiger partial charge on any atom is -0.381 e. The quantitative estimate of drug-likeness (QED) is 0.605. The van der Waals surface area contributed by atoms with E-state index in [2.05, 4.69) is 9.97 Å². The molecule has 0 bridgehead atoms. The zero-order valence-electron chi connectivity index (χ0n) is 18.0. The molecule has 1 aromatic carbocycles. The smallest absolute Gasteiger partial charge is 0.233 e. The minimum atomic E-state index is -0.578. The minimum absolute atomic E-state index is 0.164. The molecule has 0 saturated carbocycles. The van der Waals surface area contributed by atoms with E-state index in [-0.39, 0.29) is 11.8 Å². The van der Waals surface area contributed by atoms with Crippen LogP contribution < -0.4 is 0 Å². The van der Waals surface area contributed by atoms with Crippen LogP contribution in [0.15, 0.2) is 49.1 Å². The lowest BCUT2D eigenvalue weighted by molar-refractivity contribution is -0.141. The molecule has 4 heterocycles. The molecule has 7 nitrogen and oxygen atoms in total. The molecule has 168 valence electrons. The molecule has 2 saturated heterocycles. The Labute approximate surface area is 192 Å². The molecule has 0 radical (unpaired) electrons. The van der Waals surface area contributed by atoms with Gasteiger partial charge in [-0.1, -0.05) is 23.7 Å². The normalized spacial score (nSPS) is 21.4. The van der Waals surface area contributed by atoms with E-state index in [1.165, 1.54) is 0 Å². The van der Waals surface area contributed by atoms with Gasteiger partial charge >= 0.3 is 0 Å². The van der Waals surface area contributed by atoms with Crippen LogP contribution in [0.3, 0.4) is 0 Å². The van der Waals surface area contributed by atoms with Crippen molar-refractivity contribution in [3.63, 3.8) is 0 Å². The summed E-state index contributed by atoms with van der Waals surface area (Å²) >= 11 is 6.12. The molecule has 1 amide bonds. The number of nitrogens with zero attached hydrogens (tertiary/aromatic N) is 4. The Kier molecular flexibility index (Phi) is 6.13. The number of hydrogen-bond donors (Lipinski definition) is 0. The Balaban J connectivity index is 1.37. The maximum absolute atomic E-state index is 14.0. The number of benzene rings is 1. The van der Waals surface area contributed by atoms with Gasteiger partial charge in [0.05, 0.1) is 30.5 Å². The van der Waals surface area contributed by atoms with Gasteiger partial charge in [-0.25, -0.2) is 4.98 Å². The lowest BCUT2D eigenvalue weighted by Crippen LogP contribution is -2.51. The van der Waals surface area contributed by atoms with E-state index in [4.69, 9.17) is 21.1 Å². The van der Waals surface area contributed by atoms with Crippen LogP contribution >= 0.6 is 11.6 Å². The molecular formula is C24H27ClN4O3. The molecule has 2 aliphatic rings. The van der Waals surface area contributed by atoms with Crippen LogP contribution in [0.2, 0.25) is 5.02 Å². The second-order valence-corrected chi connectivity index (χ2v) is 9.11. The molecule has 1 atom stereocenters. The van der Waals surface area contributed by atoms with E-state index in [9.17, 15) is 4.79 Å². The highest BCUT2D eigenvalue weighted by atomic mass is 35.5. The maximum Gasteiger partial charge on any atom is 0.233 e. The van der Waals surface area contributed by atoms with Crippen LogP contribution in [0, 0.1) is 5.92 Å². The summed E-state index contributed by atoms with van der Waals surface area (Å²) in [7, 11) is 0. The summed E-state index contributed by atoms with van der Waals surface area (Å²) in [6.45, 7) is 3.57. The van der Waals surface area contributed by atoms with Crippen molar-refractivity contribution < 1.29 is 14.3 Å². The first-order valence-corrected chi connectivity index (χ1v) is 11.5. The summed E-state index contributed by atoms with van der Waals surface area (Å²) in [5.74, 6) is 0.341. The number of imidazole rings is 1. The van der Waals surface area contributed by atoms with Crippen molar-refractivity contribution in [1.29, 1.82) is 0 Å². The summed E-state index contributed by atoms with van der Waals surface area (Å²) in [6.07, 6.45) is 9.57. The van der Waals surface area contributed by atoms with Crippen LogP contribution in [0.25, 0.3) is 5.65 Å². The van der Waals surface area contributed by atoms with Crippen molar-refractivity contribution in [2.45, 2.75) is 24.7 Å². The number of ether oxygens (including phenoxy) is 2. The third kappa shape index (κ3) is 4.25. The predicted molar refractivity (Wildman–Crippen MR) is 121 cm³/mol. The molecular weight excluding hydrogens is 428 g/mol. The van der Waals surface area contributed by atoms with Gasteiger partial charge in [0.1, 0.15) is 0 Å². The SMILES string of the molecule is O=C(N1CCOC[C@H](Cc2cn3ccnc3cn2)C1)C1(c2ccc(Cl)cc2)CCOCC1. The fraction of sp³-hybridized carbons (Fsp3) is 0.458. The van der Waals surface area contributed by atoms with E-state index in [1.807, 2.05) is 46.0 Å². The fourth-order valence-corrected chi connectivity index (χ4v) is 5.00. The average Bonchev–Trinajstić information content (AvgIpc) is 3.17. The third-order valence-corrected chi connectivity index (χ3v) is 6.86. The van der Waals surface area contributed by atoms with Gasteiger partial charge in [-0.3, -0.25) is 9.78 Å². The second-order valence-electron chi connectivity index (χ2n) is 8.67. The van der Waals surface area contributed by atoms with Crippen molar-refractivity contribution in [3.05, 3.63) is 65.3 Å². The molecule has 8 heteroatoms. The monoisotopic (exact) mass is 454 g/mol. The predicted octanol–water partition coefficient (Wildman–Crippen LogP) is 3.15. The van der Waals surface area contributed by atoms with Gasteiger partial charge in [0.25, 0.3) is 0 Å². The van der Waals surface area contributed by atoms with Crippen LogP contribution in [-0.2, 0) is 26.1 Å². The lowest BCUT2D eigenvalue weighted by atomic mass is 9.73. The van der Waals surface area contributed by atoms with Gasteiger partial charge in [-0.15, -0.1) is 0 Å². The van der Waals surface area contributed by atoms with E-state index in [0.29, 0.717) is 57.4 Å². The molecule has 2 aromatic heterocycles. The maximum atomic E-state index is 14.0. The molecule has 0 aliphatic carbocycles. The number of aromatic nitrogens is 3. The number of amides is 1. The topological polar surface area (TPSA) is 69.0 Å². The summed E-state index contributed by atoms with van der Waals surface area (Å²) in [4.78, 5) is 24.8. The van der Waals surface area contributed by atoms with Crippen molar-refractivity contribution in [2.24, 2.45) is 5.92 Å². The Hall–Kier alpha value is -2.48. The first-order valence-electron chi connectivity index (χ1n) is 11.1. The molecule has 0 N–H and O–H groups in total. The van der Waals surface area contributed by atoms with Crippen LogP contribution in [0.4, 0.5) is 0 Å². The van der Waals surface area contributed by atoms with Crippen LogP contribution in [0.5, 0.6) is 0 Å². The molecule has 0 spiro atoms. The van der Waals surface area contributed by atoms with Gasteiger partial charge in [0, 0.05) is 55.8 Å². The Morgan fingerprint density at radius 3 is 2.75 bits per heavy atom. The highest BCUT2D eigenvalue weighted by Crippen LogP contribution is 2.38. The standard InChI is InChI=1S/C24H27ClN4O3/c25-20-3-1-19(2-4-20)24(5-10-31-11-6-24)23(30)29-9-12-32-17-18(15-29)13-21-16-28-8-7-26-22(28)14-27-21/h1-4,7-8,14,16,18H,5-6,9-13,15,17H2/t18-/m1/s1. The Bertz CT molecular complexity index is 1080. The number of fused-ring (bicyclic) bond motifs is 1. The Morgan fingerprint density at radius 2 is 1.94 bits per heavy atom. The molecule has 2 fully saturated rings. The van der Waals surface area contributed by atoms with Crippen molar-refractivity contribution >= 4 is 23.2 Å². The van der Waals surface area contributed by atoms with Crippen molar-refractivity contribution in [2.75, 3.05) is 39.5 Å². The zero-order chi connectivity index (χ0) is 22.0. The third-order valence-electron chi connectivity index (χ3n) is 6.61. The van der Waals surface area contributed by atoms with Gasteiger partial charge in [-0.2, -0.15) is 0 Å². The average molecular weight is 455 g/mol. The zero-order valence-corrected chi connectivity index (χ0v) is 18.7. The first kappa shape index (κ1) is 21.4. The van der Waals surface area contributed by atoms with Crippen LogP contribution in [-0.4, -0.2) is 64.7 Å². The largest absolute Gasteiger partial charge is 0.381 e. The molecule has 0 unspecified atom stereocenters. The Morgan fingerprint density at radius 1 is 1.12 bits per heavy atom. The van der Waals surface area contributed by atoms with Gasteiger partial charge in [-0.05, 0) is 37.0 Å². The number of carbonyl (C=O) groups excluding carboxylic acids is 1. The van der Waals surface area contributed by atoms with Gasteiger partial charge < -0.3 is 18.8 Å². The van der Waals surface area contributed by atoms with Crippen LogP contribution in [0.1, 0.15) is 24.1 Å². The van der Waals surface area contributed by atoms with Crippen molar-refractivity contribution in [1.82, 2.24) is 19.3 Å². The van der Waals surface area contributed by atoms with E-state index < -0.39 is 5.41 Å². The second kappa shape index (κ2) is 9.17. The molecule has 2 aliphatic heterocycles. The lowest BCUT2D eigenvalue weighted by Gasteiger charge is -2.40.